The first kappa shape index (κ1) is 15.4. The molecule has 0 amide bonds. The molecule has 2 rings (SSSR count). The minimum absolute atomic E-state index is 0.246. The minimum atomic E-state index is -0.293. The zero-order valence-electron chi connectivity index (χ0n) is 10.1. The Kier molecular flexibility index (Phi) is 5.03. The highest BCUT2D eigenvalue weighted by molar-refractivity contribution is 14.1. The third kappa shape index (κ3) is 3.37. The van der Waals surface area contributed by atoms with E-state index in [4.69, 9.17) is 5.73 Å². The Morgan fingerprint density at radius 2 is 1.79 bits per heavy atom. The van der Waals surface area contributed by atoms with Gasteiger partial charge in [0, 0.05) is 12.5 Å². The predicted molar refractivity (Wildman–Crippen MR) is 91.7 cm³/mol. The van der Waals surface area contributed by atoms with Crippen molar-refractivity contribution in [2.45, 2.75) is 13.0 Å². The van der Waals surface area contributed by atoms with Gasteiger partial charge < -0.3 is 5.73 Å². The highest BCUT2D eigenvalue weighted by atomic mass is 127. The van der Waals surface area contributed by atoms with E-state index in [0.717, 1.165) is 29.2 Å². The van der Waals surface area contributed by atoms with Gasteiger partial charge in [-0.05, 0) is 70.5 Å². The van der Waals surface area contributed by atoms with Crippen LogP contribution in [-0.4, -0.2) is 0 Å². The molecular weight excluding hydrogens is 488 g/mol. The molecule has 19 heavy (non-hydrogen) atoms. The molecule has 0 fully saturated rings. The normalized spacial score (nSPS) is 12.5. The number of aryl methyl sites for hydroxylation is 1. The summed E-state index contributed by atoms with van der Waals surface area (Å²) in [7, 11) is 0. The van der Waals surface area contributed by atoms with E-state index in [1.807, 2.05) is 19.1 Å². The number of halogens is 4. The molecule has 0 saturated heterocycles. The van der Waals surface area contributed by atoms with Crippen molar-refractivity contribution in [3.8, 4) is 0 Å². The Balaban J connectivity index is 2.49. The van der Waals surface area contributed by atoms with Crippen molar-refractivity contribution in [1.82, 2.24) is 0 Å². The SMILES string of the molecule is Cc1cc(Br)c(C(N)c2ccc(F)cc2I)cc1Br. The number of rotatable bonds is 2. The predicted octanol–water partition coefficient (Wildman–Crippen LogP) is 5.31. The van der Waals surface area contributed by atoms with Gasteiger partial charge in [0.05, 0.1) is 6.04 Å². The Bertz CT molecular complexity index is 631. The van der Waals surface area contributed by atoms with Gasteiger partial charge in [-0.3, -0.25) is 0 Å². The fourth-order valence-corrected chi connectivity index (χ4v) is 3.70. The molecule has 0 radical (unpaired) electrons. The van der Waals surface area contributed by atoms with Gasteiger partial charge in [0.15, 0.2) is 0 Å². The lowest BCUT2D eigenvalue weighted by atomic mass is 9.99. The second-order valence-corrected chi connectivity index (χ2v) is 7.14. The summed E-state index contributed by atoms with van der Waals surface area (Å²) in [4.78, 5) is 0. The van der Waals surface area contributed by atoms with Crippen LogP contribution in [0, 0.1) is 16.3 Å². The van der Waals surface area contributed by atoms with Gasteiger partial charge in [-0.2, -0.15) is 0 Å². The third-order valence-electron chi connectivity index (χ3n) is 2.91. The second kappa shape index (κ2) is 6.20. The van der Waals surface area contributed by atoms with Crippen LogP contribution in [0.4, 0.5) is 4.39 Å². The molecule has 0 aliphatic rings. The van der Waals surface area contributed by atoms with Gasteiger partial charge in [-0.1, -0.05) is 37.9 Å². The summed E-state index contributed by atoms with van der Waals surface area (Å²) in [5, 5.41) is 0. The first-order valence-corrected chi connectivity index (χ1v) is 8.22. The quantitative estimate of drug-likeness (QED) is 0.558. The molecule has 0 heterocycles. The maximum atomic E-state index is 13.1. The lowest BCUT2D eigenvalue weighted by Gasteiger charge is -2.17. The maximum Gasteiger partial charge on any atom is 0.124 e. The van der Waals surface area contributed by atoms with Crippen LogP contribution >= 0.6 is 54.5 Å². The number of hydrogen-bond donors (Lipinski definition) is 1. The van der Waals surface area contributed by atoms with Gasteiger partial charge in [0.1, 0.15) is 5.82 Å². The van der Waals surface area contributed by atoms with E-state index < -0.39 is 0 Å². The van der Waals surface area contributed by atoms with Crippen molar-refractivity contribution in [1.29, 1.82) is 0 Å². The molecular formula is C14H11Br2FIN. The van der Waals surface area contributed by atoms with E-state index in [2.05, 4.69) is 54.5 Å². The zero-order valence-corrected chi connectivity index (χ0v) is 15.4. The molecule has 1 atom stereocenters. The van der Waals surface area contributed by atoms with Gasteiger partial charge in [0.2, 0.25) is 0 Å². The highest BCUT2D eigenvalue weighted by Gasteiger charge is 2.16. The molecule has 0 bridgehead atoms. The van der Waals surface area contributed by atoms with Crippen molar-refractivity contribution in [2.75, 3.05) is 0 Å². The fraction of sp³-hybridized carbons (Fsp3) is 0.143. The van der Waals surface area contributed by atoms with Crippen molar-refractivity contribution >= 4 is 54.5 Å². The lowest BCUT2D eigenvalue weighted by molar-refractivity contribution is 0.625. The maximum absolute atomic E-state index is 13.1. The lowest BCUT2D eigenvalue weighted by Crippen LogP contribution is -2.14. The van der Waals surface area contributed by atoms with Crippen molar-refractivity contribution in [3.05, 3.63) is 65.4 Å². The van der Waals surface area contributed by atoms with Crippen LogP contribution in [-0.2, 0) is 0 Å². The molecule has 1 unspecified atom stereocenters. The summed E-state index contributed by atoms with van der Waals surface area (Å²) in [6.45, 7) is 2.02. The van der Waals surface area contributed by atoms with E-state index in [1.54, 1.807) is 6.07 Å². The Labute approximate surface area is 142 Å². The number of hydrogen-bond acceptors (Lipinski definition) is 1. The van der Waals surface area contributed by atoms with Crippen LogP contribution in [0.15, 0.2) is 39.3 Å². The average Bonchev–Trinajstić information content (AvgIpc) is 2.33. The van der Waals surface area contributed by atoms with Crippen LogP contribution < -0.4 is 5.73 Å². The highest BCUT2D eigenvalue weighted by Crippen LogP contribution is 2.33. The molecule has 0 aromatic heterocycles. The van der Waals surface area contributed by atoms with Crippen LogP contribution in [0.3, 0.4) is 0 Å². The monoisotopic (exact) mass is 497 g/mol. The van der Waals surface area contributed by atoms with Crippen LogP contribution in [0.25, 0.3) is 0 Å². The molecule has 0 aliphatic heterocycles. The smallest absolute Gasteiger partial charge is 0.124 e. The summed E-state index contributed by atoms with van der Waals surface area (Å²) < 4.78 is 15.9. The van der Waals surface area contributed by atoms with Crippen LogP contribution in [0.5, 0.6) is 0 Å². The summed E-state index contributed by atoms with van der Waals surface area (Å²) in [6.07, 6.45) is 0. The van der Waals surface area contributed by atoms with E-state index in [-0.39, 0.29) is 11.9 Å². The molecule has 1 nitrogen and oxygen atoms in total. The van der Waals surface area contributed by atoms with Crippen molar-refractivity contribution in [3.63, 3.8) is 0 Å². The first-order chi connectivity index (χ1) is 8.90. The largest absolute Gasteiger partial charge is 0.320 e. The van der Waals surface area contributed by atoms with Gasteiger partial charge in [0.25, 0.3) is 0 Å². The summed E-state index contributed by atoms with van der Waals surface area (Å²) in [5.74, 6) is -0.246. The molecule has 2 aromatic rings. The number of benzene rings is 2. The summed E-state index contributed by atoms with van der Waals surface area (Å²) in [5.41, 5.74) is 9.33. The molecule has 100 valence electrons. The van der Waals surface area contributed by atoms with Crippen molar-refractivity contribution < 1.29 is 4.39 Å². The molecule has 2 aromatic carbocycles. The Morgan fingerprint density at radius 3 is 2.42 bits per heavy atom. The average molecular weight is 499 g/mol. The fourth-order valence-electron chi connectivity index (χ4n) is 1.82. The topological polar surface area (TPSA) is 26.0 Å². The van der Waals surface area contributed by atoms with E-state index >= 15 is 0 Å². The molecule has 0 saturated carbocycles. The Hall–Kier alpha value is 0.0200. The minimum Gasteiger partial charge on any atom is -0.320 e. The van der Waals surface area contributed by atoms with Gasteiger partial charge in [-0.15, -0.1) is 0 Å². The van der Waals surface area contributed by atoms with Gasteiger partial charge in [-0.25, -0.2) is 4.39 Å². The molecule has 5 heteroatoms. The summed E-state index contributed by atoms with van der Waals surface area (Å²) in [6, 6.07) is 8.40. The molecule has 0 spiro atoms. The molecule has 0 aliphatic carbocycles. The third-order valence-corrected chi connectivity index (χ3v) is 5.39. The zero-order chi connectivity index (χ0) is 14.2. The van der Waals surface area contributed by atoms with E-state index in [1.165, 1.54) is 12.1 Å². The van der Waals surface area contributed by atoms with Crippen LogP contribution in [0.1, 0.15) is 22.7 Å². The van der Waals surface area contributed by atoms with E-state index in [0.29, 0.717) is 0 Å². The van der Waals surface area contributed by atoms with Crippen LogP contribution in [0.2, 0.25) is 0 Å². The van der Waals surface area contributed by atoms with Crippen molar-refractivity contribution in [2.24, 2.45) is 5.73 Å². The molecule has 2 N–H and O–H groups in total. The Morgan fingerprint density at radius 1 is 1.11 bits per heavy atom. The van der Waals surface area contributed by atoms with Gasteiger partial charge >= 0.3 is 0 Å². The first-order valence-electron chi connectivity index (χ1n) is 5.56. The summed E-state index contributed by atoms with van der Waals surface area (Å²) >= 11 is 9.16. The number of nitrogens with two attached hydrogens (primary N) is 1. The second-order valence-electron chi connectivity index (χ2n) is 4.27. The van der Waals surface area contributed by atoms with E-state index in [9.17, 15) is 4.39 Å². The standard InChI is InChI=1S/C14H11Br2FIN/c1-7-4-12(16)10(6-11(7)15)14(19)9-3-2-8(17)5-13(9)18/h2-6,14H,19H2,1H3.